The number of hydrogen-bond acceptors (Lipinski definition) is 5. The van der Waals surface area contributed by atoms with E-state index in [4.69, 9.17) is 14.2 Å². The highest BCUT2D eigenvalue weighted by molar-refractivity contribution is 5.62. The van der Waals surface area contributed by atoms with Crippen LogP contribution in [0, 0.1) is 0 Å². The minimum Gasteiger partial charge on any atom is -0.497 e. The lowest BCUT2D eigenvalue weighted by molar-refractivity contribution is -0.0938. The molecule has 0 bridgehead atoms. The van der Waals surface area contributed by atoms with Crippen molar-refractivity contribution in [2.75, 3.05) is 21.3 Å². The number of fused-ring (bicyclic) bond motifs is 3. The van der Waals surface area contributed by atoms with Crippen LogP contribution in [0.25, 0.3) is 0 Å². The molecule has 5 rings (SSSR count). The summed E-state index contributed by atoms with van der Waals surface area (Å²) in [4.78, 5) is 0. The van der Waals surface area contributed by atoms with E-state index < -0.39 is 17.1 Å². The SMILES string of the molecule is COc1ccc([C@@]23Cc4cc(OC)cc(OC)c4[C@]2(O)[C@@H](O)C[C@H]3c2ccccc2)cc1. The Morgan fingerprint density at radius 1 is 0.844 bits per heavy atom. The molecule has 2 aliphatic carbocycles. The third-order valence-corrected chi connectivity index (χ3v) is 7.49. The summed E-state index contributed by atoms with van der Waals surface area (Å²) in [5, 5.41) is 23.9. The zero-order valence-electron chi connectivity index (χ0n) is 18.5. The van der Waals surface area contributed by atoms with Gasteiger partial charge in [0.15, 0.2) is 0 Å². The van der Waals surface area contributed by atoms with E-state index in [-0.39, 0.29) is 5.92 Å². The van der Waals surface area contributed by atoms with E-state index in [9.17, 15) is 10.2 Å². The average Bonchev–Trinajstić information content (AvgIpc) is 3.24. The van der Waals surface area contributed by atoms with Crippen molar-refractivity contribution in [3.8, 4) is 17.2 Å². The van der Waals surface area contributed by atoms with Crippen LogP contribution in [0.3, 0.4) is 0 Å². The Morgan fingerprint density at radius 3 is 2.16 bits per heavy atom. The molecule has 2 N–H and O–H groups in total. The fraction of sp³-hybridized carbons (Fsp3) is 0.333. The van der Waals surface area contributed by atoms with E-state index in [0.29, 0.717) is 29.9 Å². The van der Waals surface area contributed by atoms with Gasteiger partial charge < -0.3 is 24.4 Å². The van der Waals surface area contributed by atoms with Crippen LogP contribution < -0.4 is 14.2 Å². The second kappa shape index (κ2) is 7.54. The van der Waals surface area contributed by atoms with Gasteiger partial charge >= 0.3 is 0 Å². The first kappa shape index (κ1) is 20.9. The lowest BCUT2D eigenvalue weighted by Gasteiger charge is -2.43. The first-order valence-corrected chi connectivity index (χ1v) is 10.8. The van der Waals surface area contributed by atoms with Gasteiger partial charge in [0.1, 0.15) is 22.8 Å². The summed E-state index contributed by atoms with van der Waals surface area (Å²) in [5.41, 5.74) is 1.35. The molecule has 2 aliphatic rings. The standard InChI is InChI=1S/C27H28O5/c1-30-20-11-9-19(10-12-20)26-16-18-13-21(31-2)14-23(32-3)25(18)27(26,29)24(28)15-22(26)17-7-5-4-6-8-17/h4-14,22,24,28-29H,15-16H2,1-3H3/t22-,24-,26+,27+/m0/s1. The zero-order chi connectivity index (χ0) is 22.5. The maximum absolute atomic E-state index is 12.5. The van der Waals surface area contributed by atoms with Gasteiger partial charge in [0.2, 0.25) is 0 Å². The van der Waals surface area contributed by atoms with E-state index in [1.807, 2.05) is 48.5 Å². The first-order valence-electron chi connectivity index (χ1n) is 10.8. The van der Waals surface area contributed by atoms with Gasteiger partial charge in [-0.25, -0.2) is 0 Å². The lowest BCUT2D eigenvalue weighted by Crippen LogP contribution is -2.49. The van der Waals surface area contributed by atoms with Crippen molar-refractivity contribution in [1.29, 1.82) is 0 Å². The molecule has 0 unspecified atom stereocenters. The van der Waals surface area contributed by atoms with Crippen LogP contribution in [-0.2, 0) is 17.4 Å². The fourth-order valence-corrected chi connectivity index (χ4v) is 6.12. The van der Waals surface area contributed by atoms with Gasteiger partial charge in [0.25, 0.3) is 0 Å². The number of rotatable bonds is 5. The molecule has 0 spiro atoms. The summed E-state index contributed by atoms with van der Waals surface area (Å²) in [5.74, 6) is 1.85. The van der Waals surface area contributed by atoms with Crippen LogP contribution in [0.2, 0.25) is 0 Å². The van der Waals surface area contributed by atoms with Gasteiger partial charge in [-0.15, -0.1) is 0 Å². The number of methoxy groups -OCH3 is 3. The lowest BCUT2D eigenvalue weighted by atomic mass is 9.63. The highest BCUT2D eigenvalue weighted by Gasteiger charge is 2.70. The zero-order valence-corrected chi connectivity index (χ0v) is 18.5. The number of hydrogen-bond donors (Lipinski definition) is 2. The molecule has 3 aromatic carbocycles. The quantitative estimate of drug-likeness (QED) is 0.639. The van der Waals surface area contributed by atoms with Crippen molar-refractivity contribution in [3.05, 3.63) is 89.0 Å². The monoisotopic (exact) mass is 432 g/mol. The van der Waals surface area contributed by atoms with E-state index >= 15 is 0 Å². The van der Waals surface area contributed by atoms with Gasteiger partial charge in [-0.2, -0.15) is 0 Å². The van der Waals surface area contributed by atoms with Crippen LogP contribution >= 0.6 is 0 Å². The highest BCUT2D eigenvalue weighted by atomic mass is 16.5. The molecule has 5 nitrogen and oxygen atoms in total. The van der Waals surface area contributed by atoms with Crippen molar-refractivity contribution in [3.63, 3.8) is 0 Å². The minimum atomic E-state index is -1.52. The molecular formula is C27H28O5. The summed E-state index contributed by atoms with van der Waals surface area (Å²) in [6.07, 6.45) is 0.0367. The second-order valence-corrected chi connectivity index (χ2v) is 8.72. The molecule has 0 aromatic heterocycles. The average molecular weight is 433 g/mol. The van der Waals surface area contributed by atoms with Crippen molar-refractivity contribution >= 4 is 0 Å². The van der Waals surface area contributed by atoms with Crippen molar-refractivity contribution < 1.29 is 24.4 Å². The number of ether oxygens (including phenoxy) is 3. The molecule has 1 saturated carbocycles. The van der Waals surface area contributed by atoms with Crippen LogP contribution in [0.1, 0.15) is 34.6 Å². The first-order chi connectivity index (χ1) is 15.5. The molecule has 4 atom stereocenters. The van der Waals surface area contributed by atoms with Gasteiger partial charge in [0, 0.05) is 17.0 Å². The van der Waals surface area contributed by atoms with Gasteiger partial charge in [0.05, 0.1) is 27.4 Å². The van der Waals surface area contributed by atoms with Crippen molar-refractivity contribution in [2.24, 2.45) is 0 Å². The van der Waals surface area contributed by atoms with E-state index in [1.165, 1.54) is 0 Å². The Labute approximate surface area is 188 Å². The van der Waals surface area contributed by atoms with Gasteiger partial charge in [-0.1, -0.05) is 42.5 Å². The third-order valence-electron chi connectivity index (χ3n) is 7.49. The van der Waals surface area contributed by atoms with Gasteiger partial charge in [-0.3, -0.25) is 0 Å². The number of benzene rings is 3. The smallest absolute Gasteiger partial charge is 0.130 e. The molecule has 0 amide bonds. The van der Waals surface area contributed by atoms with Crippen LogP contribution in [-0.4, -0.2) is 37.6 Å². The van der Waals surface area contributed by atoms with Crippen LogP contribution in [0.15, 0.2) is 66.7 Å². The fourth-order valence-electron chi connectivity index (χ4n) is 6.12. The van der Waals surface area contributed by atoms with E-state index in [2.05, 4.69) is 12.1 Å². The van der Waals surface area contributed by atoms with Crippen LogP contribution in [0.5, 0.6) is 17.2 Å². The van der Waals surface area contributed by atoms with Crippen molar-refractivity contribution in [2.45, 2.75) is 35.9 Å². The molecular weight excluding hydrogens is 404 g/mol. The Morgan fingerprint density at radius 2 is 1.53 bits per heavy atom. The van der Waals surface area contributed by atoms with E-state index in [0.717, 1.165) is 22.4 Å². The Bertz CT molecular complexity index is 1130. The molecule has 0 heterocycles. The normalized spacial score (nSPS) is 28.2. The number of aliphatic hydroxyl groups is 2. The predicted molar refractivity (Wildman–Crippen MR) is 122 cm³/mol. The molecule has 0 aliphatic heterocycles. The number of aliphatic hydroxyl groups excluding tert-OH is 1. The minimum absolute atomic E-state index is 0.0970. The molecule has 1 fully saturated rings. The summed E-state index contributed by atoms with van der Waals surface area (Å²) in [7, 11) is 4.84. The molecule has 3 aromatic rings. The van der Waals surface area contributed by atoms with Crippen molar-refractivity contribution in [1.82, 2.24) is 0 Å². The molecule has 0 saturated heterocycles. The van der Waals surface area contributed by atoms with E-state index in [1.54, 1.807) is 27.4 Å². The van der Waals surface area contributed by atoms with Gasteiger partial charge in [-0.05, 0) is 53.6 Å². The molecule has 0 radical (unpaired) electrons. The third kappa shape index (κ3) is 2.64. The molecule has 5 heteroatoms. The van der Waals surface area contributed by atoms with Crippen LogP contribution in [0.4, 0.5) is 0 Å². The maximum Gasteiger partial charge on any atom is 0.130 e. The summed E-state index contributed by atoms with van der Waals surface area (Å²) < 4.78 is 16.6. The molecule has 166 valence electrons. The molecule has 32 heavy (non-hydrogen) atoms. The Kier molecular flexibility index (Phi) is 4.91. The topological polar surface area (TPSA) is 68.2 Å². The second-order valence-electron chi connectivity index (χ2n) is 8.72. The summed E-state index contributed by atoms with van der Waals surface area (Å²) in [6.45, 7) is 0. The highest BCUT2D eigenvalue weighted by Crippen LogP contribution is 2.68. The Hall–Kier alpha value is -3.02. The maximum atomic E-state index is 12.5. The Balaban J connectivity index is 1.80. The summed E-state index contributed by atoms with van der Waals surface area (Å²) >= 11 is 0. The largest absolute Gasteiger partial charge is 0.497 e. The predicted octanol–water partition coefficient (Wildman–Crippen LogP) is 3.94. The summed E-state index contributed by atoms with van der Waals surface area (Å²) in [6, 6.07) is 21.7.